The Morgan fingerprint density at radius 1 is 0.871 bits per heavy atom. The summed E-state index contributed by atoms with van der Waals surface area (Å²) in [6.45, 7) is 3.48. The highest BCUT2D eigenvalue weighted by atomic mass is 19.4. The van der Waals surface area contributed by atoms with Gasteiger partial charge in [-0.3, -0.25) is 0 Å². The van der Waals surface area contributed by atoms with Crippen LogP contribution < -0.4 is 0 Å². The predicted molar refractivity (Wildman–Crippen MR) is 117 cm³/mol. The summed E-state index contributed by atoms with van der Waals surface area (Å²) in [7, 11) is 0. The van der Waals surface area contributed by atoms with E-state index in [1.54, 1.807) is 19.9 Å². The van der Waals surface area contributed by atoms with Gasteiger partial charge in [-0.1, -0.05) is 54.6 Å². The van der Waals surface area contributed by atoms with Gasteiger partial charge in [-0.2, -0.15) is 13.2 Å². The smallest absolute Gasteiger partial charge is 0.386 e. The van der Waals surface area contributed by atoms with E-state index in [0.29, 0.717) is 11.3 Å². The zero-order chi connectivity index (χ0) is 22.2. The van der Waals surface area contributed by atoms with Crippen LogP contribution in [0, 0.1) is 0 Å². The molecule has 2 N–H and O–H groups in total. The first-order valence-electron chi connectivity index (χ1n) is 9.79. The van der Waals surface area contributed by atoms with Crippen LogP contribution in [0.1, 0.15) is 36.4 Å². The van der Waals surface area contributed by atoms with E-state index in [-0.39, 0.29) is 5.56 Å². The number of rotatable bonds is 4. The Hall–Kier alpha value is -3.38. The molecule has 0 saturated carbocycles. The second kappa shape index (κ2) is 7.71. The number of hydrogen-bond acceptors (Lipinski definition) is 2. The number of fused-ring (bicyclic) bond motifs is 1. The molecule has 0 aliphatic heterocycles. The molecule has 31 heavy (non-hydrogen) atoms. The summed E-state index contributed by atoms with van der Waals surface area (Å²) in [5.41, 5.74) is 2.47. The molecule has 0 spiro atoms. The SMILES string of the molecule is CC(C)(O)c1ccccc1-c1ccc2nc(/C=C/c3ccccc3C(F)(F)F)[nH]c2c1. The highest BCUT2D eigenvalue weighted by molar-refractivity contribution is 5.85. The number of imidazole rings is 1. The maximum atomic E-state index is 13.2. The van der Waals surface area contributed by atoms with E-state index in [9.17, 15) is 18.3 Å². The monoisotopic (exact) mass is 422 g/mol. The van der Waals surface area contributed by atoms with Gasteiger partial charge in [-0.15, -0.1) is 0 Å². The van der Waals surface area contributed by atoms with Crippen LogP contribution >= 0.6 is 0 Å². The Morgan fingerprint density at radius 2 is 1.55 bits per heavy atom. The van der Waals surface area contributed by atoms with Gasteiger partial charge in [0.25, 0.3) is 0 Å². The molecule has 6 heteroatoms. The Kier molecular flexibility index (Phi) is 5.19. The fraction of sp³-hybridized carbons (Fsp3) is 0.160. The van der Waals surface area contributed by atoms with Crippen LogP contribution in [0.3, 0.4) is 0 Å². The molecule has 158 valence electrons. The summed E-state index contributed by atoms with van der Waals surface area (Å²) in [4.78, 5) is 7.60. The lowest BCUT2D eigenvalue weighted by atomic mass is 9.89. The highest BCUT2D eigenvalue weighted by Gasteiger charge is 2.32. The van der Waals surface area contributed by atoms with Crippen LogP contribution in [0.15, 0.2) is 66.7 Å². The van der Waals surface area contributed by atoms with Crippen molar-refractivity contribution in [1.29, 1.82) is 0 Å². The van der Waals surface area contributed by atoms with E-state index in [2.05, 4.69) is 9.97 Å². The van der Waals surface area contributed by atoms with Crippen LogP contribution in [-0.4, -0.2) is 15.1 Å². The Balaban J connectivity index is 1.70. The molecule has 0 aliphatic carbocycles. The maximum Gasteiger partial charge on any atom is 0.416 e. The summed E-state index contributed by atoms with van der Waals surface area (Å²) in [6, 6.07) is 18.7. The quantitative estimate of drug-likeness (QED) is 0.387. The van der Waals surface area contributed by atoms with E-state index < -0.39 is 17.3 Å². The molecule has 0 aliphatic rings. The van der Waals surface area contributed by atoms with Gasteiger partial charge in [0.15, 0.2) is 0 Å². The molecular weight excluding hydrogens is 401 g/mol. The molecule has 1 heterocycles. The van der Waals surface area contributed by atoms with E-state index in [4.69, 9.17) is 0 Å². The van der Waals surface area contributed by atoms with Crippen molar-refractivity contribution in [3.8, 4) is 11.1 Å². The fourth-order valence-corrected chi connectivity index (χ4v) is 3.61. The number of aromatic nitrogens is 2. The van der Waals surface area contributed by atoms with E-state index in [1.807, 2.05) is 42.5 Å². The lowest BCUT2D eigenvalue weighted by Gasteiger charge is -2.21. The number of nitrogens with one attached hydrogen (secondary N) is 1. The van der Waals surface area contributed by atoms with Gasteiger partial charge in [0.1, 0.15) is 5.82 Å². The molecule has 0 saturated heterocycles. The van der Waals surface area contributed by atoms with Gasteiger partial charge in [0.2, 0.25) is 0 Å². The minimum atomic E-state index is -4.42. The number of aromatic amines is 1. The summed E-state index contributed by atoms with van der Waals surface area (Å²) >= 11 is 0. The summed E-state index contributed by atoms with van der Waals surface area (Å²) < 4.78 is 39.6. The van der Waals surface area contributed by atoms with Gasteiger partial charge in [0, 0.05) is 0 Å². The predicted octanol–water partition coefficient (Wildman–Crippen LogP) is 6.65. The Labute approximate surface area is 177 Å². The van der Waals surface area contributed by atoms with Crippen LogP contribution in [0.2, 0.25) is 0 Å². The molecule has 0 amide bonds. The second-order valence-electron chi connectivity index (χ2n) is 7.88. The average Bonchev–Trinajstić information content (AvgIpc) is 3.13. The Morgan fingerprint density at radius 3 is 2.26 bits per heavy atom. The van der Waals surface area contributed by atoms with Crippen LogP contribution in [0.25, 0.3) is 34.3 Å². The molecule has 0 unspecified atom stereocenters. The molecule has 0 bridgehead atoms. The zero-order valence-electron chi connectivity index (χ0n) is 17.0. The Bertz CT molecular complexity index is 1260. The van der Waals surface area contributed by atoms with Crippen LogP contribution in [-0.2, 0) is 11.8 Å². The van der Waals surface area contributed by atoms with Crippen molar-refractivity contribution in [2.45, 2.75) is 25.6 Å². The second-order valence-corrected chi connectivity index (χ2v) is 7.88. The van der Waals surface area contributed by atoms with Gasteiger partial charge in [-0.05, 0) is 60.4 Å². The molecule has 4 rings (SSSR count). The number of hydrogen-bond donors (Lipinski definition) is 2. The van der Waals surface area contributed by atoms with Crippen molar-refractivity contribution in [2.24, 2.45) is 0 Å². The molecule has 1 aromatic heterocycles. The van der Waals surface area contributed by atoms with E-state index in [1.165, 1.54) is 24.3 Å². The standard InChI is InChI=1S/C25H21F3N2O/c1-24(2,31)20-10-6-4-8-18(20)17-11-13-21-22(15-17)30-23(29-21)14-12-16-7-3-5-9-19(16)25(26,27)28/h3-15,31H,1-2H3,(H,29,30)/b14-12+. The molecule has 0 radical (unpaired) electrons. The largest absolute Gasteiger partial charge is 0.416 e. The van der Waals surface area contributed by atoms with Gasteiger partial charge in [-0.25, -0.2) is 4.98 Å². The van der Waals surface area contributed by atoms with E-state index >= 15 is 0 Å². The van der Waals surface area contributed by atoms with Crippen molar-refractivity contribution in [3.05, 3.63) is 89.2 Å². The molecular formula is C25H21F3N2O. The number of alkyl halides is 3. The summed E-state index contributed by atoms with van der Waals surface area (Å²) in [5.74, 6) is 0.458. The first-order chi connectivity index (χ1) is 14.6. The van der Waals surface area contributed by atoms with Crippen molar-refractivity contribution >= 4 is 23.2 Å². The third kappa shape index (κ3) is 4.39. The number of benzene rings is 3. The molecule has 4 aromatic rings. The van der Waals surface area contributed by atoms with Crippen LogP contribution in [0.4, 0.5) is 13.2 Å². The number of aliphatic hydroxyl groups is 1. The van der Waals surface area contributed by atoms with Crippen molar-refractivity contribution in [2.75, 3.05) is 0 Å². The molecule has 0 fully saturated rings. The molecule has 0 atom stereocenters. The molecule has 3 aromatic carbocycles. The number of halogens is 3. The maximum absolute atomic E-state index is 13.2. The minimum absolute atomic E-state index is 0.0789. The van der Waals surface area contributed by atoms with Crippen molar-refractivity contribution in [3.63, 3.8) is 0 Å². The zero-order valence-corrected chi connectivity index (χ0v) is 17.0. The topological polar surface area (TPSA) is 48.9 Å². The lowest BCUT2D eigenvalue weighted by Crippen LogP contribution is -2.16. The summed E-state index contributed by atoms with van der Waals surface area (Å²) in [5, 5.41) is 10.5. The normalized spacial score (nSPS) is 12.7. The highest BCUT2D eigenvalue weighted by Crippen LogP contribution is 2.34. The first-order valence-corrected chi connectivity index (χ1v) is 9.79. The third-order valence-electron chi connectivity index (χ3n) is 5.08. The van der Waals surface area contributed by atoms with Gasteiger partial charge >= 0.3 is 6.18 Å². The number of H-pyrrole nitrogens is 1. The van der Waals surface area contributed by atoms with E-state index in [0.717, 1.165) is 28.3 Å². The number of nitrogens with zero attached hydrogens (tertiary/aromatic N) is 1. The van der Waals surface area contributed by atoms with Crippen LogP contribution in [0.5, 0.6) is 0 Å². The van der Waals surface area contributed by atoms with Crippen molar-refractivity contribution < 1.29 is 18.3 Å². The minimum Gasteiger partial charge on any atom is -0.386 e. The van der Waals surface area contributed by atoms with Gasteiger partial charge < -0.3 is 10.1 Å². The molecule has 3 nitrogen and oxygen atoms in total. The average molecular weight is 422 g/mol. The fourth-order valence-electron chi connectivity index (χ4n) is 3.61. The van der Waals surface area contributed by atoms with Gasteiger partial charge in [0.05, 0.1) is 22.2 Å². The first kappa shape index (κ1) is 20.9. The summed E-state index contributed by atoms with van der Waals surface area (Å²) in [6.07, 6.45) is -1.47. The third-order valence-corrected chi connectivity index (χ3v) is 5.08. The van der Waals surface area contributed by atoms with Crippen molar-refractivity contribution in [1.82, 2.24) is 9.97 Å². The lowest BCUT2D eigenvalue weighted by molar-refractivity contribution is -0.137.